The average Bonchev–Trinajstić information content (AvgIpc) is 2.79. The zero-order valence-electron chi connectivity index (χ0n) is 13.5. The maximum atomic E-state index is 5.99. The SMILES string of the molecule is CN1CC=C(CN=C(N)Nc2ccc3c(c2)OCCCO3)CC1. The van der Waals surface area contributed by atoms with Crippen LogP contribution in [0, 0.1) is 0 Å². The number of nitrogens with two attached hydrogens (primary N) is 1. The summed E-state index contributed by atoms with van der Waals surface area (Å²) >= 11 is 0. The Morgan fingerprint density at radius 3 is 2.91 bits per heavy atom. The van der Waals surface area contributed by atoms with Gasteiger partial charge < -0.3 is 25.4 Å². The molecular formula is C17H24N4O2. The van der Waals surface area contributed by atoms with Crippen LogP contribution in [0.4, 0.5) is 5.69 Å². The Morgan fingerprint density at radius 1 is 1.30 bits per heavy atom. The Balaban J connectivity index is 1.60. The van der Waals surface area contributed by atoms with Crippen molar-refractivity contribution in [3.63, 3.8) is 0 Å². The van der Waals surface area contributed by atoms with Gasteiger partial charge in [-0.1, -0.05) is 11.6 Å². The number of aliphatic imine (C=N–C) groups is 1. The first kappa shape index (κ1) is 15.7. The van der Waals surface area contributed by atoms with Crippen LogP contribution in [0.5, 0.6) is 11.5 Å². The lowest BCUT2D eigenvalue weighted by Gasteiger charge is -2.21. The lowest BCUT2D eigenvalue weighted by atomic mass is 10.1. The van der Waals surface area contributed by atoms with Crippen molar-refractivity contribution in [2.75, 3.05) is 45.2 Å². The second-order valence-electron chi connectivity index (χ2n) is 5.91. The number of hydrogen-bond donors (Lipinski definition) is 2. The van der Waals surface area contributed by atoms with Gasteiger partial charge in [0.1, 0.15) is 0 Å². The molecule has 2 aliphatic rings. The molecule has 3 N–H and O–H groups in total. The maximum absolute atomic E-state index is 5.99. The molecule has 0 aliphatic carbocycles. The second-order valence-corrected chi connectivity index (χ2v) is 5.91. The van der Waals surface area contributed by atoms with Gasteiger partial charge in [0, 0.05) is 31.3 Å². The van der Waals surface area contributed by atoms with Crippen molar-refractivity contribution in [2.24, 2.45) is 10.7 Å². The number of likely N-dealkylation sites (N-methyl/N-ethyl adjacent to an activating group) is 1. The van der Waals surface area contributed by atoms with E-state index in [1.54, 1.807) is 0 Å². The maximum Gasteiger partial charge on any atom is 0.193 e. The number of hydrogen-bond acceptors (Lipinski definition) is 4. The molecule has 0 saturated carbocycles. The highest BCUT2D eigenvalue weighted by Crippen LogP contribution is 2.32. The van der Waals surface area contributed by atoms with Gasteiger partial charge in [-0.05, 0) is 25.6 Å². The highest BCUT2D eigenvalue weighted by atomic mass is 16.5. The van der Waals surface area contributed by atoms with Crippen molar-refractivity contribution in [1.29, 1.82) is 0 Å². The third-order valence-electron chi connectivity index (χ3n) is 3.98. The summed E-state index contributed by atoms with van der Waals surface area (Å²) in [5, 5.41) is 3.12. The molecule has 0 bridgehead atoms. The van der Waals surface area contributed by atoms with Crippen LogP contribution in [0.2, 0.25) is 0 Å². The zero-order chi connectivity index (χ0) is 16.1. The van der Waals surface area contributed by atoms with Gasteiger partial charge in [-0.15, -0.1) is 0 Å². The van der Waals surface area contributed by atoms with Crippen molar-refractivity contribution in [1.82, 2.24) is 4.90 Å². The van der Waals surface area contributed by atoms with E-state index in [9.17, 15) is 0 Å². The normalized spacial score (nSPS) is 19.0. The van der Waals surface area contributed by atoms with Crippen LogP contribution in [0.15, 0.2) is 34.8 Å². The van der Waals surface area contributed by atoms with E-state index in [0.717, 1.165) is 43.1 Å². The van der Waals surface area contributed by atoms with Crippen molar-refractivity contribution < 1.29 is 9.47 Å². The van der Waals surface area contributed by atoms with Gasteiger partial charge in [0.2, 0.25) is 0 Å². The van der Waals surface area contributed by atoms with Gasteiger partial charge in [-0.2, -0.15) is 0 Å². The molecule has 1 aromatic carbocycles. The summed E-state index contributed by atoms with van der Waals surface area (Å²) < 4.78 is 11.3. The number of benzene rings is 1. The summed E-state index contributed by atoms with van der Waals surface area (Å²) in [6.45, 7) is 4.07. The van der Waals surface area contributed by atoms with Crippen molar-refractivity contribution >= 4 is 11.6 Å². The first-order chi connectivity index (χ1) is 11.2. The fraction of sp³-hybridized carbons (Fsp3) is 0.471. The zero-order valence-corrected chi connectivity index (χ0v) is 13.5. The van der Waals surface area contributed by atoms with Crippen molar-refractivity contribution in [3.8, 4) is 11.5 Å². The third kappa shape index (κ3) is 4.39. The average molecular weight is 316 g/mol. The topological polar surface area (TPSA) is 72.1 Å². The van der Waals surface area contributed by atoms with E-state index in [-0.39, 0.29) is 0 Å². The molecule has 23 heavy (non-hydrogen) atoms. The molecule has 0 amide bonds. The smallest absolute Gasteiger partial charge is 0.193 e. The molecule has 0 atom stereocenters. The van der Waals surface area contributed by atoms with Crippen LogP contribution in [0.1, 0.15) is 12.8 Å². The van der Waals surface area contributed by atoms with Crippen LogP contribution in [0.3, 0.4) is 0 Å². The van der Waals surface area contributed by atoms with Crippen LogP contribution in [-0.2, 0) is 0 Å². The highest BCUT2D eigenvalue weighted by Gasteiger charge is 2.11. The van der Waals surface area contributed by atoms with Crippen molar-refractivity contribution in [3.05, 3.63) is 29.8 Å². The fourth-order valence-corrected chi connectivity index (χ4v) is 2.57. The first-order valence-corrected chi connectivity index (χ1v) is 8.04. The minimum atomic E-state index is 0.416. The van der Waals surface area contributed by atoms with Crippen LogP contribution in [0.25, 0.3) is 0 Å². The lowest BCUT2D eigenvalue weighted by Crippen LogP contribution is -2.26. The highest BCUT2D eigenvalue weighted by molar-refractivity contribution is 5.92. The molecule has 1 aromatic rings. The Hall–Kier alpha value is -2.21. The number of anilines is 1. The number of guanidine groups is 1. The Kier molecular flexibility index (Phi) is 5.02. The number of nitrogens with one attached hydrogen (secondary N) is 1. The molecule has 2 aliphatic heterocycles. The van der Waals surface area contributed by atoms with Crippen LogP contribution >= 0.6 is 0 Å². The number of rotatable bonds is 3. The van der Waals surface area contributed by atoms with E-state index in [1.165, 1.54) is 5.57 Å². The predicted octanol–water partition coefficient (Wildman–Crippen LogP) is 1.84. The molecular weight excluding hydrogens is 292 g/mol. The monoisotopic (exact) mass is 316 g/mol. The van der Waals surface area contributed by atoms with E-state index in [1.807, 2.05) is 18.2 Å². The third-order valence-corrected chi connectivity index (χ3v) is 3.98. The molecule has 124 valence electrons. The fourth-order valence-electron chi connectivity index (χ4n) is 2.57. The minimum absolute atomic E-state index is 0.416. The van der Waals surface area contributed by atoms with Gasteiger partial charge in [0.05, 0.1) is 19.8 Å². The molecule has 0 saturated heterocycles. The molecule has 0 fully saturated rings. The molecule has 0 spiro atoms. The summed E-state index contributed by atoms with van der Waals surface area (Å²) in [4.78, 5) is 6.71. The van der Waals surface area contributed by atoms with Gasteiger partial charge >= 0.3 is 0 Å². The summed E-state index contributed by atoms with van der Waals surface area (Å²) in [5.41, 5.74) is 8.18. The largest absolute Gasteiger partial charge is 0.490 e. The minimum Gasteiger partial charge on any atom is -0.490 e. The second kappa shape index (κ2) is 7.37. The standard InChI is InChI=1S/C17H24N4O2/c1-21-7-5-13(6-8-21)12-19-17(18)20-14-3-4-15-16(11-14)23-10-2-9-22-15/h3-5,11H,2,6-10,12H2,1H3,(H3,18,19,20). The number of fused-ring (bicyclic) bond motifs is 1. The molecule has 0 aromatic heterocycles. The molecule has 0 radical (unpaired) electrons. The summed E-state index contributed by atoms with van der Waals surface area (Å²) in [6.07, 6.45) is 4.18. The summed E-state index contributed by atoms with van der Waals surface area (Å²) in [6, 6.07) is 5.72. The molecule has 2 heterocycles. The Bertz CT molecular complexity index is 613. The number of nitrogens with zero attached hydrogens (tertiary/aromatic N) is 2. The van der Waals surface area contributed by atoms with E-state index >= 15 is 0 Å². The van der Waals surface area contributed by atoms with E-state index in [4.69, 9.17) is 15.2 Å². The van der Waals surface area contributed by atoms with Crippen molar-refractivity contribution in [2.45, 2.75) is 12.8 Å². The van der Waals surface area contributed by atoms with Crippen LogP contribution in [-0.4, -0.2) is 50.8 Å². The number of ether oxygens (including phenoxy) is 2. The van der Waals surface area contributed by atoms with E-state index < -0.39 is 0 Å². The van der Waals surface area contributed by atoms with Gasteiger partial charge in [-0.25, -0.2) is 4.99 Å². The Labute approximate surface area is 137 Å². The van der Waals surface area contributed by atoms with E-state index in [2.05, 4.69) is 28.3 Å². The van der Waals surface area contributed by atoms with Gasteiger partial charge in [-0.3, -0.25) is 0 Å². The molecule has 0 unspecified atom stereocenters. The predicted molar refractivity (Wildman–Crippen MR) is 92.4 cm³/mol. The lowest BCUT2D eigenvalue weighted by molar-refractivity contribution is 0.297. The van der Waals surface area contributed by atoms with Gasteiger partial charge in [0.15, 0.2) is 17.5 Å². The van der Waals surface area contributed by atoms with E-state index in [0.29, 0.717) is 25.7 Å². The Morgan fingerprint density at radius 2 is 2.13 bits per heavy atom. The van der Waals surface area contributed by atoms with Gasteiger partial charge in [0.25, 0.3) is 0 Å². The summed E-state index contributed by atoms with van der Waals surface area (Å²) in [5.74, 6) is 1.94. The molecule has 6 heteroatoms. The quantitative estimate of drug-likeness (QED) is 0.506. The summed E-state index contributed by atoms with van der Waals surface area (Å²) in [7, 11) is 2.12. The molecule has 6 nitrogen and oxygen atoms in total. The first-order valence-electron chi connectivity index (χ1n) is 8.04. The van der Waals surface area contributed by atoms with Crippen LogP contribution < -0.4 is 20.5 Å². The molecule has 3 rings (SSSR count).